The van der Waals surface area contributed by atoms with Crippen molar-refractivity contribution in [2.45, 2.75) is 26.2 Å². The molecule has 0 spiro atoms. The topological polar surface area (TPSA) is 58.8 Å². The summed E-state index contributed by atoms with van der Waals surface area (Å²) in [5.41, 5.74) is 1.48. The van der Waals surface area contributed by atoms with Crippen LogP contribution in [0.4, 0.5) is 15.9 Å². The first-order valence-electron chi connectivity index (χ1n) is 9.43. The number of halogens is 1. The van der Waals surface area contributed by atoms with Gasteiger partial charge in [0.15, 0.2) is 23.0 Å². The van der Waals surface area contributed by atoms with Crippen LogP contribution in [0, 0.1) is 5.82 Å². The molecule has 3 aromatic rings. The van der Waals surface area contributed by atoms with Crippen LogP contribution in [0.2, 0.25) is 0 Å². The molecule has 1 saturated heterocycles. The molecule has 0 radical (unpaired) electrons. The molecule has 1 aliphatic rings. The fourth-order valence-corrected chi connectivity index (χ4v) is 3.46. The summed E-state index contributed by atoms with van der Waals surface area (Å²) in [4.78, 5) is 4.42. The van der Waals surface area contributed by atoms with Gasteiger partial charge in [-0.3, -0.25) is 0 Å². The molecule has 0 amide bonds. The van der Waals surface area contributed by atoms with E-state index < -0.39 is 0 Å². The molecule has 0 N–H and O–H groups in total. The fourth-order valence-electron chi connectivity index (χ4n) is 3.46. The summed E-state index contributed by atoms with van der Waals surface area (Å²) in [7, 11) is 1.47. The standard InChI is InChI=1S/C20H25FN6O/c1-20(2,3)19-23-22-17-7-8-18(24-27(17)19)26-11-9-25(10-12-26)14-5-6-16(28-4)15(21)13-14/h5-8,13H,9-12H2,1-4H3. The maximum absolute atomic E-state index is 14.0. The summed E-state index contributed by atoms with van der Waals surface area (Å²) < 4.78 is 20.8. The van der Waals surface area contributed by atoms with E-state index in [1.807, 2.05) is 22.7 Å². The second-order valence-corrected chi connectivity index (χ2v) is 8.03. The van der Waals surface area contributed by atoms with E-state index >= 15 is 0 Å². The number of aromatic nitrogens is 4. The zero-order valence-electron chi connectivity index (χ0n) is 16.7. The van der Waals surface area contributed by atoms with Crippen molar-refractivity contribution >= 4 is 17.2 Å². The van der Waals surface area contributed by atoms with E-state index in [9.17, 15) is 4.39 Å². The highest BCUT2D eigenvalue weighted by molar-refractivity contribution is 5.52. The van der Waals surface area contributed by atoms with Crippen molar-refractivity contribution in [3.8, 4) is 5.75 Å². The quantitative estimate of drug-likeness (QED) is 0.692. The van der Waals surface area contributed by atoms with Crippen molar-refractivity contribution in [1.82, 2.24) is 19.8 Å². The Bertz CT molecular complexity index is 988. The van der Waals surface area contributed by atoms with Crippen LogP contribution in [-0.4, -0.2) is 53.1 Å². The van der Waals surface area contributed by atoms with Gasteiger partial charge in [-0.15, -0.1) is 15.3 Å². The van der Waals surface area contributed by atoms with Gasteiger partial charge in [-0.05, 0) is 24.3 Å². The average Bonchev–Trinajstić information content (AvgIpc) is 3.12. The number of hydrogen-bond donors (Lipinski definition) is 0. The Morgan fingerprint density at radius 1 is 0.964 bits per heavy atom. The molecule has 4 rings (SSSR count). The van der Waals surface area contributed by atoms with E-state index in [1.165, 1.54) is 13.2 Å². The molecule has 8 heteroatoms. The molecule has 28 heavy (non-hydrogen) atoms. The van der Waals surface area contributed by atoms with Gasteiger partial charge in [-0.1, -0.05) is 20.8 Å². The van der Waals surface area contributed by atoms with Crippen molar-refractivity contribution in [3.05, 3.63) is 42.0 Å². The van der Waals surface area contributed by atoms with E-state index in [2.05, 4.69) is 40.8 Å². The average molecular weight is 384 g/mol. The van der Waals surface area contributed by atoms with Gasteiger partial charge in [0.2, 0.25) is 0 Å². The predicted octanol–water partition coefficient (Wildman–Crippen LogP) is 2.90. The Morgan fingerprint density at radius 2 is 1.68 bits per heavy atom. The van der Waals surface area contributed by atoms with Gasteiger partial charge < -0.3 is 14.5 Å². The second-order valence-electron chi connectivity index (χ2n) is 8.03. The maximum atomic E-state index is 14.0. The van der Waals surface area contributed by atoms with Gasteiger partial charge in [0, 0.05) is 43.3 Å². The Labute approximate surface area is 163 Å². The summed E-state index contributed by atoms with van der Waals surface area (Å²) in [5.74, 6) is 1.68. The van der Waals surface area contributed by atoms with Gasteiger partial charge >= 0.3 is 0 Å². The number of fused-ring (bicyclic) bond motifs is 1. The van der Waals surface area contributed by atoms with Crippen LogP contribution >= 0.6 is 0 Å². The Balaban J connectivity index is 1.51. The molecule has 3 heterocycles. The van der Waals surface area contributed by atoms with Gasteiger partial charge in [0.25, 0.3) is 0 Å². The number of anilines is 2. The number of benzene rings is 1. The maximum Gasteiger partial charge on any atom is 0.178 e. The van der Waals surface area contributed by atoms with Crippen LogP contribution in [-0.2, 0) is 5.41 Å². The fraction of sp³-hybridized carbons (Fsp3) is 0.450. The molecule has 1 aromatic carbocycles. The van der Waals surface area contributed by atoms with Gasteiger partial charge in [0.05, 0.1) is 7.11 Å². The normalized spacial score (nSPS) is 15.3. The van der Waals surface area contributed by atoms with Crippen LogP contribution in [0.1, 0.15) is 26.6 Å². The molecule has 1 fully saturated rings. The number of hydrogen-bond acceptors (Lipinski definition) is 6. The lowest BCUT2D eigenvalue weighted by molar-refractivity contribution is 0.386. The molecule has 0 saturated carbocycles. The second kappa shape index (κ2) is 6.92. The molecule has 0 atom stereocenters. The van der Waals surface area contributed by atoms with Crippen LogP contribution in [0.5, 0.6) is 5.75 Å². The summed E-state index contributed by atoms with van der Waals surface area (Å²) in [6, 6.07) is 9.04. The number of nitrogens with zero attached hydrogens (tertiary/aromatic N) is 6. The minimum atomic E-state index is -0.336. The predicted molar refractivity (Wildman–Crippen MR) is 107 cm³/mol. The van der Waals surface area contributed by atoms with Crippen LogP contribution in [0.25, 0.3) is 5.65 Å². The summed E-state index contributed by atoms with van der Waals surface area (Å²) >= 11 is 0. The van der Waals surface area contributed by atoms with Crippen molar-refractivity contribution < 1.29 is 9.13 Å². The molecule has 148 valence electrons. The minimum absolute atomic E-state index is 0.137. The summed E-state index contributed by atoms with van der Waals surface area (Å²) in [6.45, 7) is 9.50. The monoisotopic (exact) mass is 384 g/mol. The summed E-state index contributed by atoms with van der Waals surface area (Å²) in [5, 5.41) is 13.3. The molecular formula is C20H25FN6O. The zero-order chi connectivity index (χ0) is 19.9. The van der Waals surface area contributed by atoms with E-state index in [0.29, 0.717) is 0 Å². The van der Waals surface area contributed by atoms with Crippen LogP contribution in [0.15, 0.2) is 30.3 Å². The molecule has 0 bridgehead atoms. The number of rotatable bonds is 3. The number of piperazine rings is 1. The largest absolute Gasteiger partial charge is 0.494 e. The molecule has 7 nitrogen and oxygen atoms in total. The van der Waals surface area contributed by atoms with Crippen LogP contribution in [0.3, 0.4) is 0 Å². The Morgan fingerprint density at radius 3 is 2.32 bits per heavy atom. The highest BCUT2D eigenvalue weighted by Gasteiger charge is 2.24. The smallest absolute Gasteiger partial charge is 0.178 e. The van der Waals surface area contributed by atoms with E-state index in [4.69, 9.17) is 9.84 Å². The zero-order valence-corrected chi connectivity index (χ0v) is 16.7. The van der Waals surface area contributed by atoms with Gasteiger partial charge in [-0.2, -0.15) is 4.52 Å². The lowest BCUT2D eigenvalue weighted by Gasteiger charge is -2.36. The number of methoxy groups -OCH3 is 1. The third-order valence-electron chi connectivity index (χ3n) is 5.02. The van der Waals surface area contributed by atoms with Gasteiger partial charge in [-0.25, -0.2) is 4.39 Å². The molecular weight excluding hydrogens is 359 g/mol. The van der Waals surface area contributed by atoms with Crippen LogP contribution < -0.4 is 14.5 Å². The van der Waals surface area contributed by atoms with E-state index in [1.54, 1.807) is 6.07 Å². The van der Waals surface area contributed by atoms with Crippen molar-refractivity contribution in [3.63, 3.8) is 0 Å². The molecule has 1 aliphatic heterocycles. The SMILES string of the molecule is COc1ccc(N2CCN(c3ccc4nnc(C(C)(C)C)n4n3)CC2)cc1F. The van der Waals surface area contributed by atoms with Crippen molar-refractivity contribution in [2.75, 3.05) is 43.1 Å². The first-order chi connectivity index (χ1) is 13.4. The molecule has 0 unspecified atom stereocenters. The molecule has 0 aliphatic carbocycles. The highest BCUT2D eigenvalue weighted by atomic mass is 19.1. The van der Waals surface area contributed by atoms with E-state index in [-0.39, 0.29) is 17.0 Å². The summed E-state index contributed by atoms with van der Waals surface area (Å²) in [6.07, 6.45) is 0. The third-order valence-corrected chi connectivity index (χ3v) is 5.02. The first-order valence-corrected chi connectivity index (χ1v) is 9.43. The first kappa shape index (κ1) is 18.5. The lowest BCUT2D eigenvalue weighted by atomic mass is 9.96. The lowest BCUT2D eigenvalue weighted by Crippen LogP contribution is -2.47. The Kier molecular flexibility index (Phi) is 4.56. The molecule has 2 aromatic heterocycles. The number of ether oxygens (including phenoxy) is 1. The van der Waals surface area contributed by atoms with Crippen molar-refractivity contribution in [1.29, 1.82) is 0 Å². The minimum Gasteiger partial charge on any atom is -0.494 e. The van der Waals surface area contributed by atoms with Crippen molar-refractivity contribution in [2.24, 2.45) is 0 Å². The Hall–Kier alpha value is -2.90. The highest BCUT2D eigenvalue weighted by Crippen LogP contribution is 2.26. The third kappa shape index (κ3) is 3.34. The van der Waals surface area contributed by atoms with Gasteiger partial charge in [0.1, 0.15) is 5.82 Å². The van der Waals surface area contributed by atoms with E-state index in [0.717, 1.165) is 49.2 Å².